The zero-order chi connectivity index (χ0) is 30.3. The Morgan fingerprint density at radius 3 is 2.65 bits per heavy atom. The van der Waals surface area contributed by atoms with Gasteiger partial charge in [-0.25, -0.2) is 0 Å². The van der Waals surface area contributed by atoms with Gasteiger partial charge in [0.2, 0.25) is 5.91 Å². The van der Waals surface area contributed by atoms with E-state index in [9.17, 15) is 14.4 Å². The SMILES string of the molecule is CCOc1ccc(CC(=O)N2CC[C@H]3Oc4ccc(c(OC)c4)CNC(=O)COc4cc(ccc4C)C(=O)N[C@H]3C2)cc1. The minimum absolute atomic E-state index is 0.0329. The molecular weight excluding hydrogens is 550 g/mol. The van der Waals surface area contributed by atoms with Crippen molar-refractivity contribution in [2.45, 2.75) is 45.4 Å². The molecule has 3 aromatic rings. The topological polar surface area (TPSA) is 115 Å². The van der Waals surface area contributed by atoms with Crippen molar-refractivity contribution in [2.75, 3.05) is 33.4 Å². The third-order valence-electron chi connectivity index (χ3n) is 7.64. The number of piperidine rings is 1. The zero-order valence-corrected chi connectivity index (χ0v) is 24.7. The van der Waals surface area contributed by atoms with E-state index in [1.54, 1.807) is 36.3 Å². The number of ether oxygens (including phenoxy) is 4. The van der Waals surface area contributed by atoms with Crippen molar-refractivity contribution in [3.63, 3.8) is 0 Å². The molecule has 3 aliphatic heterocycles. The quantitative estimate of drug-likeness (QED) is 0.470. The first kappa shape index (κ1) is 29.8. The zero-order valence-electron chi connectivity index (χ0n) is 24.7. The van der Waals surface area contributed by atoms with Crippen LogP contribution >= 0.6 is 0 Å². The molecule has 6 rings (SSSR count). The Bertz CT molecular complexity index is 1470. The van der Waals surface area contributed by atoms with Crippen molar-refractivity contribution in [3.05, 3.63) is 82.9 Å². The predicted molar refractivity (Wildman–Crippen MR) is 160 cm³/mol. The van der Waals surface area contributed by atoms with Gasteiger partial charge in [-0.05, 0) is 61.4 Å². The van der Waals surface area contributed by atoms with E-state index in [2.05, 4.69) is 10.6 Å². The Kier molecular flexibility index (Phi) is 9.34. The van der Waals surface area contributed by atoms with Gasteiger partial charge < -0.3 is 34.5 Å². The molecule has 2 atom stereocenters. The maximum Gasteiger partial charge on any atom is 0.258 e. The second kappa shape index (κ2) is 13.5. The number of nitrogens with one attached hydrogen (secondary N) is 2. The lowest BCUT2D eigenvalue weighted by molar-refractivity contribution is -0.133. The summed E-state index contributed by atoms with van der Waals surface area (Å²) in [5.74, 6) is 1.67. The van der Waals surface area contributed by atoms with Gasteiger partial charge in [-0.2, -0.15) is 0 Å². The number of amides is 3. The summed E-state index contributed by atoms with van der Waals surface area (Å²) in [6.45, 7) is 5.17. The maximum atomic E-state index is 13.5. The first-order valence-corrected chi connectivity index (χ1v) is 14.5. The fourth-order valence-corrected chi connectivity index (χ4v) is 5.25. The van der Waals surface area contributed by atoms with Crippen molar-refractivity contribution in [3.8, 4) is 23.0 Å². The van der Waals surface area contributed by atoms with E-state index in [1.807, 2.05) is 50.2 Å². The fourth-order valence-electron chi connectivity index (χ4n) is 5.25. The molecule has 0 unspecified atom stereocenters. The molecule has 0 aliphatic carbocycles. The molecule has 0 saturated carbocycles. The Morgan fingerprint density at radius 2 is 1.88 bits per heavy atom. The summed E-state index contributed by atoms with van der Waals surface area (Å²) in [7, 11) is 1.56. The standard InChI is InChI=1S/C33H37N3O7/c1-4-41-25-10-6-22(7-11-25)15-32(38)36-14-13-28-27(19-36)35-33(39)23-8-5-21(2)29(16-23)42-20-31(37)34-18-24-9-12-26(43-28)17-30(24)40-3/h5-12,16-17,27-28H,4,13-15,18-20H2,1-3H3,(H,34,37)(H,35,39)/t27-,28+/m0/s1. The molecule has 10 heteroatoms. The summed E-state index contributed by atoms with van der Waals surface area (Å²) in [5, 5.41) is 5.94. The minimum Gasteiger partial charge on any atom is -0.496 e. The van der Waals surface area contributed by atoms with Gasteiger partial charge in [-0.15, -0.1) is 0 Å². The summed E-state index contributed by atoms with van der Waals surface area (Å²) in [6, 6.07) is 17.6. The first-order chi connectivity index (χ1) is 20.8. The molecule has 4 bridgehead atoms. The number of aryl methyl sites for hydroxylation is 1. The second-order valence-corrected chi connectivity index (χ2v) is 10.6. The van der Waals surface area contributed by atoms with Crippen LogP contribution in [0.1, 0.15) is 40.4 Å². The summed E-state index contributed by atoms with van der Waals surface area (Å²) >= 11 is 0. The second-order valence-electron chi connectivity index (χ2n) is 10.6. The summed E-state index contributed by atoms with van der Waals surface area (Å²) < 4.78 is 23.3. The Morgan fingerprint density at radius 1 is 1.07 bits per heavy atom. The average molecular weight is 588 g/mol. The normalized spacial score (nSPS) is 18.7. The van der Waals surface area contributed by atoms with Crippen LogP contribution in [-0.4, -0.2) is 68.2 Å². The third-order valence-corrected chi connectivity index (χ3v) is 7.64. The van der Waals surface area contributed by atoms with Crippen molar-refractivity contribution >= 4 is 17.7 Å². The Balaban J connectivity index is 1.39. The van der Waals surface area contributed by atoms with Crippen LogP contribution in [0.4, 0.5) is 0 Å². The highest BCUT2D eigenvalue weighted by Gasteiger charge is 2.34. The highest BCUT2D eigenvalue weighted by atomic mass is 16.5. The summed E-state index contributed by atoms with van der Waals surface area (Å²) in [4.78, 5) is 41.1. The number of rotatable bonds is 5. The van der Waals surface area contributed by atoms with Crippen LogP contribution in [0.15, 0.2) is 60.7 Å². The number of carbonyl (C=O) groups excluding carboxylic acids is 3. The van der Waals surface area contributed by atoms with Crippen molar-refractivity contribution in [1.82, 2.24) is 15.5 Å². The number of fused-ring (bicyclic) bond motifs is 7. The number of carbonyl (C=O) groups is 3. The van der Waals surface area contributed by atoms with Crippen LogP contribution < -0.4 is 29.6 Å². The van der Waals surface area contributed by atoms with Gasteiger partial charge in [0.25, 0.3) is 11.8 Å². The molecule has 0 aromatic heterocycles. The molecule has 3 amide bonds. The third kappa shape index (κ3) is 7.38. The maximum absolute atomic E-state index is 13.5. The minimum atomic E-state index is -0.485. The molecule has 3 aliphatic rings. The number of benzene rings is 3. The highest BCUT2D eigenvalue weighted by Crippen LogP contribution is 2.28. The molecule has 226 valence electrons. The number of hydrogen-bond acceptors (Lipinski definition) is 7. The van der Waals surface area contributed by atoms with E-state index in [1.165, 1.54) is 0 Å². The molecule has 1 saturated heterocycles. The molecular formula is C33H37N3O7. The van der Waals surface area contributed by atoms with Crippen molar-refractivity contribution in [1.29, 1.82) is 0 Å². The van der Waals surface area contributed by atoms with Gasteiger partial charge >= 0.3 is 0 Å². The van der Waals surface area contributed by atoms with Gasteiger partial charge in [0.05, 0.1) is 26.2 Å². The van der Waals surface area contributed by atoms with Crippen molar-refractivity contribution in [2.24, 2.45) is 0 Å². The molecule has 3 aromatic carbocycles. The van der Waals surface area contributed by atoms with Gasteiger partial charge in [0, 0.05) is 43.2 Å². The highest BCUT2D eigenvalue weighted by molar-refractivity contribution is 5.95. The Labute approximate surface area is 251 Å². The molecule has 0 spiro atoms. The number of likely N-dealkylation sites (tertiary alicyclic amines) is 1. The summed E-state index contributed by atoms with van der Waals surface area (Å²) in [6.07, 6.45) is 0.357. The van der Waals surface area contributed by atoms with E-state index in [4.69, 9.17) is 18.9 Å². The van der Waals surface area contributed by atoms with Crippen LogP contribution in [-0.2, 0) is 22.6 Å². The lowest BCUT2D eigenvalue weighted by atomic mass is 9.99. The molecule has 43 heavy (non-hydrogen) atoms. The monoisotopic (exact) mass is 587 g/mol. The molecule has 3 heterocycles. The van der Waals surface area contributed by atoms with Crippen LogP contribution in [0.5, 0.6) is 23.0 Å². The number of hydrogen-bond donors (Lipinski definition) is 2. The van der Waals surface area contributed by atoms with E-state index < -0.39 is 12.1 Å². The molecule has 1 fully saturated rings. The predicted octanol–water partition coefficient (Wildman–Crippen LogP) is 3.43. The first-order valence-electron chi connectivity index (χ1n) is 14.5. The van der Waals surface area contributed by atoms with E-state index in [-0.39, 0.29) is 43.8 Å². The Hall–Kier alpha value is -4.73. The lowest BCUT2D eigenvalue weighted by Crippen LogP contribution is -2.58. The lowest BCUT2D eigenvalue weighted by Gasteiger charge is -2.39. The largest absolute Gasteiger partial charge is 0.496 e. The molecule has 0 radical (unpaired) electrons. The molecule has 10 nitrogen and oxygen atoms in total. The smallest absolute Gasteiger partial charge is 0.258 e. The number of nitrogens with zero attached hydrogens (tertiary/aromatic N) is 1. The molecule has 2 N–H and O–H groups in total. The van der Waals surface area contributed by atoms with Gasteiger partial charge in [0.15, 0.2) is 6.61 Å². The van der Waals surface area contributed by atoms with E-state index in [0.29, 0.717) is 42.4 Å². The van der Waals surface area contributed by atoms with E-state index in [0.717, 1.165) is 22.4 Å². The van der Waals surface area contributed by atoms with Gasteiger partial charge in [0.1, 0.15) is 29.1 Å². The van der Waals surface area contributed by atoms with Gasteiger partial charge in [-0.1, -0.05) is 18.2 Å². The van der Waals surface area contributed by atoms with Crippen LogP contribution in [0.3, 0.4) is 0 Å². The summed E-state index contributed by atoms with van der Waals surface area (Å²) in [5.41, 5.74) is 2.85. The van der Waals surface area contributed by atoms with Crippen molar-refractivity contribution < 1.29 is 33.3 Å². The van der Waals surface area contributed by atoms with Gasteiger partial charge in [-0.3, -0.25) is 14.4 Å². The average Bonchev–Trinajstić information content (AvgIpc) is 3.01. The fraction of sp³-hybridized carbons (Fsp3) is 0.364. The van der Waals surface area contributed by atoms with Crippen LogP contribution in [0.25, 0.3) is 0 Å². The van der Waals surface area contributed by atoms with Crippen LogP contribution in [0.2, 0.25) is 0 Å². The van der Waals surface area contributed by atoms with Crippen LogP contribution in [0, 0.1) is 6.92 Å². The van der Waals surface area contributed by atoms with E-state index >= 15 is 0 Å². The number of methoxy groups -OCH3 is 1.